The number of hydrogen-bond acceptors (Lipinski definition) is 5. The normalized spacial score (nSPS) is 17.3. The van der Waals surface area contributed by atoms with E-state index < -0.39 is 0 Å². The molecule has 0 radical (unpaired) electrons. The summed E-state index contributed by atoms with van der Waals surface area (Å²) in [5.41, 5.74) is 2.42. The number of amides is 2. The Morgan fingerprint density at radius 2 is 2.19 bits per heavy atom. The summed E-state index contributed by atoms with van der Waals surface area (Å²) in [6.07, 6.45) is 1.46. The number of aliphatic imine (C=N–C) groups is 1. The Bertz CT molecular complexity index is 645. The number of carbonyl (C=O) groups excluding carboxylic acids is 2. The van der Waals surface area contributed by atoms with Crippen LogP contribution in [0.25, 0.3) is 0 Å². The van der Waals surface area contributed by atoms with Gasteiger partial charge in [0.2, 0.25) is 5.91 Å². The second-order valence-electron chi connectivity index (χ2n) is 6.11. The van der Waals surface area contributed by atoms with Crippen molar-refractivity contribution >= 4 is 29.1 Å². The Morgan fingerprint density at radius 1 is 1.38 bits per heavy atom. The summed E-state index contributed by atoms with van der Waals surface area (Å²) in [6.45, 7) is 8.89. The van der Waals surface area contributed by atoms with Crippen LogP contribution in [0.4, 0.5) is 0 Å². The second kappa shape index (κ2) is 10.1. The number of likely N-dealkylation sites (tertiary alicyclic amines) is 1. The van der Waals surface area contributed by atoms with Gasteiger partial charge in [-0.05, 0) is 20.3 Å². The fourth-order valence-corrected chi connectivity index (χ4v) is 3.50. The molecule has 0 spiro atoms. The van der Waals surface area contributed by atoms with Crippen LogP contribution in [0.2, 0.25) is 0 Å². The first-order valence-corrected chi connectivity index (χ1v) is 9.94. The Hall–Kier alpha value is -2.16. The minimum absolute atomic E-state index is 0.109. The molecule has 1 aromatic rings. The molecule has 0 aromatic carbocycles. The van der Waals surface area contributed by atoms with Gasteiger partial charge in [0.1, 0.15) is 4.88 Å². The van der Waals surface area contributed by atoms with Gasteiger partial charge in [-0.1, -0.05) is 6.92 Å². The van der Waals surface area contributed by atoms with Gasteiger partial charge in [-0.2, -0.15) is 0 Å². The van der Waals surface area contributed by atoms with Crippen LogP contribution in [0.3, 0.4) is 0 Å². The van der Waals surface area contributed by atoms with Crippen molar-refractivity contribution in [3.63, 3.8) is 0 Å². The van der Waals surface area contributed by atoms with Crippen molar-refractivity contribution in [2.24, 2.45) is 4.99 Å². The Balaban J connectivity index is 1.78. The summed E-state index contributed by atoms with van der Waals surface area (Å²) in [5, 5.41) is 9.44. The molecule has 1 aliphatic rings. The van der Waals surface area contributed by atoms with E-state index in [2.05, 4.69) is 25.9 Å². The topological polar surface area (TPSA) is 98.7 Å². The molecule has 3 N–H and O–H groups in total. The molecule has 1 unspecified atom stereocenters. The molecule has 1 fully saturated rings. The third kappa shape index (κ3) is 5.69. The molecule has 0 saturated carbocycles. The molecular formula is C17H28N6O2S. The summed E-state index contributed by atoms with van der Waals surface area (Å²) < 4.78 is 0. The first-order valence-electron chi connectivity index (χ1n) is 9.06. The Morgan fingerprint density at radius 3 is 2.85 bits per heavy atom. The molecule has 2 heterocycles. The maximum atomic E-state index is 12.0. The van der Waals surface area contributed by atoms with Crippen molar-refractivity contribution in [2.45, 2.75) is 39.7 Å². The van der Waals surface area contributed by atoms with Gasteiger partial charge in [0.15, 0.2) is 5.96 Å². The quantitative estimate of drug-likeness (QED) is 0.368. The van der Waals surface area contributed by atoms with Gasteiger partial charge in [0, 0.05) is 38.6 Å². The molecule has 144 valence electrons. The summed E-state index contributed by atoms with van der Waals surface area (Å²) >= 11 is 1.34. The maximum absolute atomic E-state index is 12.0. The lowest BCUT2D eigenvalue weighted by molar-refractivity contribution is -0.129. The predicted molar refractivity (Wildman–Crippen MR) is 104 cm³/mol. The summed E-state index contributed by atoms with van der Waals surface area (Å²) in [6, 6.07) is 0.206. The average Bonchev–Trinajstić information content (AvgIpc) is 3.27. The largest absolute Gasteiger partial charge is 0.357 e. The van der Waals surface area contributed by atoms with Gasteiger partial charge in [0.25, 0.3) is 5.91 Å². The average molecular weight is 381 g/mol. The van der Waals surface area contributed by atoms with Crippen LogP contribution < -0.4 is 16.0 Å². The second-order valence-corrected chi connectivity index (χ2v) is 6.96. The number of rotatable bonds is 7. The SMILES string of the molecule is CCNC(=NCCNC(=O)c1scnc1C)NC1CCN(C(=O)CC)C1. The highest BCUT2D eigenvalue weighted by molar-refractivity contribution is 7.11. The summed E-state index contributed by atoms with van der Waals surface area (Å²) in [7, 11) is 0. The predicted octanol–water partition coefficient (Wildman–Crippen LogP) is 0.747. The van der Waals surface area contributed by atoms with Gasteiger partial charge < -0.3 is 20.9 Å². The molecule has 2 amide bonds. The summed E-state index contributed by atoms with van der Waals surface area (Å²) in [4.78, 5) is 34.9. The first kappa shape index (κ1) is 20.2. The highest BCUT2D eigenvalue weighted by atomic mass is 32.1. The van der Waals surface area contributed by atoms with Crippen LogP contribution in [0.15, 0.2) is 10.5 Å². The molecule has 1 saturated heterocycles. The number of thiazole rings is 1. The number of guanidine groups is 1. The van der Waals surface area contributed by atoms with Gasteiger partial charge >= 0.3 is 0 Å². The fraction of sp³-hybridized carbons (Fsp3) is 0.647. The molecule has 0 aliphatic carbocycles. The minimum Gasteiger partial charge on any atom is -0.357 e. The van der Waals surface area contributed by atoms with Crippen LogP contribution in [-0.4, -0.2) is 66.4 Å². The van der Waals surface area contributed by atoms with E-state index in [-0.39, 0.29) is 17.9 Å². The number of aryl methyl sites for hydroxylation is 1. The zero-order valence-corrected chi connectivity index (χ0v) is 16.5. The van der Waals surface area contributed by atoms with E-state index in [0.29, 0.717) is 36.9 Å². The molecule has 9 heteroatoms. The van der Waals surface area contributed by atoms with E-state index in [0.717, 1.165) is 25.2 Å². The van der Waals surface area contributed by atoms with Crippen molar-refractivity contribution in [3.05, 3.63) is 16.1 Å². The molecule has 26 heavy (non-hydrogen) atoms. The number of hydrogen-bond donors (Lipinski definition) is 3. The molecule has 1 aromatic heterocycles. The molecular weight excluding hydrogens is 352 g/mol. The highest BCUT2D eigenvalue weighted by Crippen LogP contribution is 2.11. The lowest BCUT2D eigenvalue weighted by Gasteiger charge is -2.18. The number of aromatic nitrogens is 1. The van der Waals surface area contributed by atoms with Gasteiger partial charge in [0.05, 0.1) is 17.7 Å². The Kier molecular flexibility index (Phi) is 7.83. The molecule has 0 bridgehead atoms. The van der Waals surface area contributed by atoms with Gasteiger partial charge in [-0.3, -0.25) is 14.6 Å². The van der Waals surface area contributed by atoms with Crippen LogP contribution in [0.5, 0.6) is 0 Å². The van der Waals surface area contributed by atoms with E-state index >= 15 is 0 Å². The van der Waals surface area contributed by atoms with Crippen LogP contribution >= 0.6 is 11.3 Å². The van der Waals surface area contributed by atoms with Crippen molar-refractivity contribution in [3.8, 4) is 0 Å². The van der Waals surface area contributed by atoms with Crippen molar-refractivity contribution in [2.75, 3.05) is 32.7 Å². The molecule has 1 atom stereocenters. The van der Waals surface area contributed by atoms with E-state index in [9.17, 15) is 9.59 Å². The minimum atomic E-state index is -0.109. The van der Waals surface area contributed by atoms with E-state index in [4.69, 9.17) is 0 Å². The van der Waals surface area contributed by atoms with Crippen LogP contribution in [-0.2, 0) is 4.79 Å². The molecule has 1 aliphatic heterocycles. The van der Waals surface area contributed by atoms with Crippen molar-refractivity contribution < 1.29 is 9.59 Å². The first-order chi connectivity index (χ1) is 12.5. The fourth-order valence-electron chi connectivity index (χ4n) is 2.78. The van der Waals surface area contributed by atoms with Crippen molar-refractivity contribution in [1.29, 1.82) is 0 Å². The van der Waals surface area contributed by atoms with Crippen LogP contribution in [0, 0.1) is 6.92 Å². The van der Waals surface area contributed by atoms with E-state index in [1.54, 1.807) is 5.51 Å². The number of carbonyl (C=O) groups is 2. The standard InChI is InChI=1S/C17H28N6O2S/c1-4-14(24)23-9-6-13(10-23)22-17(18-5-2)20-8-7-19-16(25)15-12(3)21-11-26-15/h11,13H,4-10H2,1-3H3,(H,19,25)(H2,18,20,22). The zero-order chi connectivity index (χ0) is 18.9. The summed E-state index contributed by atoms with van der Waals surface area (Å²) in [5.74, 6) is 0.798. The number of nitrogens with one attached hydrogen (secondary N) is 3. The Labute approximate surface area is 158 Å². The van der Waals surface area contributed by atoms with E-state index in [1.165, 1.54) is 11.3 Å². The smallest absolute Gasteiger partial charge is 0.263 e. The molecule has 8 nitrogen and oxygen atoms in total. The van der Waals surface area contributed by atoms with Crippen molar-refractivity contribution in [1.82, 2.24) is 25.8 Å². The molecule has 2 rings (SSSR count). The highest BCUT2D eigenvalue weighted by Gasteiger charge is 2.25. The third-order valence-electron chi connectivity index (χ3n) is 4.15. The van der Waals surface area contributed by atoms with Gasteiger partial charge in [-0.25, -0.2) is 4.98 Å². The lowest BCUT2D eigenvalue weighted by Crippen LogP contribution is -2.45. The van der Waals surface area contributed by atoms with Crippen LogP contribution in [0.1, 0.15) is 42.1 Å². The zero-order valence-electron chi connectivity index (χ0n) is 15.7. The third-order valence-corrected chi connectivity index (χ3v) is 5.07. The maximum Gasteiger partial charge on any atom is 0.263 e. The van der Waals surface area contributed by atoms with E-state index in [1.807, 2.05) is 25.7 Å². The lowest BCUT2D eigenvalue weighted by atomic mass is 10.3. The monoisotopic (exact) mass is 380 g/mol. The number of nitrogens with zero attached hydrogens (tertiary/aromatic N) is 3. The van der Waals surface area contributed by atoms with Gasteiger partial charge in [-0.15, -0.1) is 11.3 Å².